The van der Waals surface area contributed by atoms with Crippen molar-refractivity contribution in [1.82, 2.24) is 15.1 Å². The normalized spacial score (nSPS) is 10.2. The van der Waals surface area contributed by atoms with E-state index in [1.807, 2.05) is 19.1 Å². The van der Waals surface area contributed by atoms with Crippen LogP contribution < -0.4 is 0 Å². The van der Waals surface area contributed by atoms with Crippen molar-refractivity contribution >= 4 is 5.97 Å². The molecular weight excluding hydrogens is 222 g/mol. The van der Waals surface area contributed by atoms with Crippen LogP contribution in [0.15, 0.2) is 22.7 Å². The first-order valence-corrected chi connectivity index (χ1v) is 5.02. The molecule has 2 heterocycles. The maximum Gasteiger partial charge on any atom is 0.315 e. The van der Waals surface area contributed by atoms with Gasteiger partial charge in [-0.15, -0.1) is 0 Å². The Morgan fingerprint density at radius 1 is 1.41 bits per heavy atom. The number of nitrogens with zero attached hydrogens (tertiary/aromatic N) is 3. The van der Waals surface area contributed by atoms with E-state index in [0.717, 1.165) is 5.69 Å². The maximum atomic E-state index is 11.0. The molecule has 0 spiro atoms. The molecule has 0 fully saturated rings. The van der Waals surface area contributed by atoms with Crippen molar-refractivity contribution in [2.24, 2.45) is 0 Å². The van der Waals surface area contributed by atoms with E-state index in [4.69, 9.17) is 4.52 Å². The van der Waals surface area contributed by atoms with Crippen LogP contribution in [0.25, 0.3) is 11.5 Å². The number of hydrogen-bond donors (Lipinski definition) is 0. The number of aromatic nitrogens is 3. The van der Waals surface area contributed by atoms with Crippen LogP contribution in [0.2, 0.25) is 0 Å². The SMILES string of the molecule is COC(=O)Cc1nc(-c2cccc(C)n2)no1. The minimum absolute atomic E-state index is 0.0324. The lowest BCUT2D eigenvalue weighted by atomic mass is 10.3. The smallest absolute Gasteiger partial charge is 0.315 e. The maximum absolute atomic E-state index is 11.0. The van der Waals surface area contributed by atoms with Crippen molar-refractivity contribution in [3.05, 3.63) is 29.8 Å². The minimum atomic E-state index is -0.419. The van der Waals surface area contributed by atoms with Crippen molar-refractivity contribution in [2.75, 3.05) is 7.11 Å². The lowest BCUT2D eigenvalue weighted by molar-refractivity contribution is -0.140. The van der Waals surface area contributed by atoms with Crippen LogP contribution in [0.4, 0.5) is 0 Å². The van der Waals surface area contributed by atoms with Gasteiger partial charge in [-0.3, -0.25) is 4.79 Å². The summed E-state index contributed by atoms with van der Waals surface area (Å²) in [6.07, 6.45) is -0.0324. The summed E-state index contributed by atoms with van der Waals surface area (Å²) in [5, 5.41) is 3.76. The van der Waals surface area contributed by atoms with E-state index in [0.29, 0.717) is 11.5 Å². The highest BCUT2D eigenvalue weighted by Crippen LogP contribution is 2.13. The van der Waals surface area contributed by atoms with Gasteiger partial charge in [0.1, 0.15) is 12.1 Å². The van der Waals surface area contributed by atoms with E-state index >= 15 is 0 Å². The molecule has 0 saturated carbocycles. The summed E-state index contributed by atoms with van der Waals surface area (Å²) in [6, 6.07) is 5.51. The predicted octanol–water partition coefficient (Wildman–Crippen LogP) is 1.16. The number of esters is 1. The second-order valence-electron chi connectivity index (χ2n) is 3.43. The summed E-state index contributed by atoms with van der Waals surface area (Å²) in [7, 11) is 1.31. The van der Waals surface area contributed by atoms with Crippen LogP contribution in [-0.4, -0.2) is 28.2 Å². The molecule has 0 aliphatic heterocycles. The molecule has 0 bridgehead atoms. The summed E-state index contributed by atoms with van der Waals surface area (Å²) in [5.74, 6) is 0.167. The van der Waals surface area contributed by atoms with Gasteiger partial charge >= 0.3 is 5.97 Å². The zero-order valence-corrected chi connectivity index (χ0v) is 9.51. The van der Waals surface area contributed by atoms with Gasteiger partial charge in [0, 0.05) is 5.69 Å². The van der Waals surface area contributed by atoms with E-state index in [9.17, 15) is 4.79 Å². The summed E-state index contributed by atoms with van der Waals surface area (Å²) in [5.41, 5.74) is 1.48. The Morgan fingerprint density at radius 3 is 2.94 bits per heavy atom. The fourth-order valence-corrected chi connectivity index (χ4v) is 1.29. The Bertz CT molecular complexity index is 536. The van der Waals surface area contributed by atoms with Crippen molar-refractivity contribution in [1.29, 1.82) is 0 Å². The molecule has 2 rings (SSSR count). The lowest BCUT2D eigenvalue weighted by Gasteiger charge is -1.94. The fourth-order valence-electron chi connectivity index (χ4n) is 1.29. The first-order valence-electron chi connectivity index (χ1n) is 5.02. The number of carbonyl (C=O) groups excluding carboxylic acids is 1. The molecule has 0 radical (unpaired) electrons. The van der Waals surface area contributed by atoms with Gasteiger partial charge in [0.2, 0.25) is 11.7 Å². The van der Waals surface area contributed by atoms with Gasteiger partial charge in [0.25, 0.3) is 0 Å². The number of aryl methyl sites for hydroxylation is 1. The largest absolute Gasteiger partial charge is 0.469 e. The molecule has 2 aromatic rings. The second kappa shape index (κ2) is 4.73. The second-order valence-corrected chi connectivity index (χ2v) is 3.43. The summed E-state index contributed by atoms with van der Waals surface area (Å²) < 4.78 is 9.44. The Hall–Kier alpha value is -2.24. The van der Waals surface area contributed by atoms with Gasteiger partial charge in [-0.05, 0) is 19.1 Å². The third-order valence-corrected chi connectivity index (χ3v) is 2.11. The third kappa shape index (κ3) is 2.66. The van der Waals surface area contributed by atoms with Gasteiger partial charge in [-0.25, -0.2) is 4.98 Å². The molecule has 17 heavy (non-hydrogen) atoms. The molecule has 0 aliphatic rings. The summed E-state index contributed by atoms with van der Waals surface area (Å²) in [4.78, 5) is 19.3. The van der Waals surface area contributed by atoms with E-state index in [-0.39, 0.29) is 12.3 Å². The van der Waals surface area contributed by atoms with Crippen molar-refractivity contribution in [3.8, 4) is 11.5 Å². The van der Waals surface area contributed by atoms with Gasteiger partial charge < -0.3 is 9.26 Å². The highest BCUT2D eigenvalue weighted by molar-refractivity contribution is 5.71. The van der Waals surface area contributed by atoms with Crippen molar-refractivity contribution in [2.45, 2.75) is 13.3 Å². The van der Waals surface area contributed by atoms with E-state index < -0.39 is 5.97 Å². The minimum Gasteiger partial charge on any atom is -0.469 e. The Balaban J connectivity index is 2.21. The Kier molecular flexibility index (Phi) is 3.13. The molecule has 0 aliphatic carbocycles. The highest BCUT2D eigenvalue weighted by Gasteiger charge is 2.13. The zero-order valence-electron chi connectivity index (χ0n) is 9.51. The van der Waals surface area contributed by atoms with Crippen LogP contribution in [0.1, 0.15) is 11.6 Å². The number of carbonyl (C=O) groups is 1. The van der Waals surface area contributed by atoms with Gasteiger partial charge in [-0.1, -0.05) is 11.2 Å². The van der Waals surface area contributed by atoms with Crippen LogP contribution in [-0.2, 0) is 16.0 Å². The monoisotopic (exact) mass is 233 g/mol. The van der Waals surface area contributed by atoms with Gasteiger partial charge in [0.05, 0.1) is 7.11 Å². The molecule has 2 aromatic heterocycles. The molecule has 0 N–H and O–H groups in total. The first-order chi connectivity index (χ1) is 8.19. The average molecular weight is 233 g/mol. The van der Waals surface area contributed by atoms with Gasteiger partial charge in [0.15, 0.2) is 0 Å². The molecule has 0 atom stereocenters. The van der Waals surface area contributed by atoms with Crippen LogP contribution in [0, 0.1) is 6.92 Å². The van der Waals surface area contributed by atoms with Crippen LogP contribution in [0.5, 0.6) is 0 Å². The quantitative estimate of drug-likeness (QED) is 0.740. The van der Waals surface area contributed by atoms with Crippen LogP contribution in [0.3, 0.4) is 0 Å². The summed E-state index contributed by atoms with van der Waals surface area (Å²) in [6.45, 7) is 1.87. The van der Waals surface area contributed by atoms with Gasteiger partial charge in [-0.2, -0.15) is 4.98 Å². The lowest BCUT2D eigenvalue weighted by Crippen LogP contribution is -2.04. The average Bonchev–Trinajstić information content (AvgIpc) is 2.77. The van der Waals surface area contributed by atoms with Crippen LogP contribution >= 0.6 is 0 Å². The molecule has 0 unspecified atom stereocenters. The Morgan fingerprint density at radius 2 is 2.24 bits per heavy atom. The predicted molar refractivity (Wildman–Crippen MR) is 58.0 cm³/mol. The van der Waals surface area contributed by atoms with E-state index in [1.54, 1.807) is 6.07 Å². The molecule has 88 valence electrons. The molecule has 0 saturated heterocycles. The number of ether oxygens (including phenoxy) is 1. The Labute approximate surface area is 97.6 Å². The van der Waals surface area contributed by atoms with E-state index in [2.05, 4.69) is 19.9 Å². The molecular formula is C11H11N3O3. The van der Waals surface area contributed by atoms with E-state index in [1.165, 1.54) is 7.11 Å². The van der Waals surface area contributed by atoms with Crippen molar-refractivity contribution < 1.29 is 14.1 Å². The number of hydrogen-bond acceptors (Lipinski definition) is 6. The highest BCUT2D eigenvalue weighted by atomic mass is 16.5. The number of methoxy groups -OCH3 is 1. The molecule has 6 heteroatoms. The topological polar surface area (TPSA) is 78.1 Å². The third-order valence-electron chi connectivity index (χ3n) is 2.11. The standard InChI is InChI=1S/C11H11N3O3/c1-7-4-3-5-8(12-7)11-13-9(17-14-11)6-10(15)16-2/h3-5H,6H2,1-2H3. The molecule has 0 amide bonds. The van der Waals surface area contributed by atoms with Crippen molar-refractivity contribution in [3.63, 3.8) is 0 Å². The zero-order chi connectivity index (χ0) is 12.3. The first kappa shape index (κ1) is 11.3. The fraction of sp³-hybridized carbons (Fsp3) is 0.273. The molecule has 6 nitrogen and oxygen atoms in total. The summed E-state index contributed by atoms with van der Waals surface area (Å²) >= 11 is 0. The number of pyridine rings is 1. The number of rotatable bonds is 3. The molecule has 0 aromatic carbocycles.